The molecule has 0 aliphatic heterocycles. The molecule has 1 N–H and O–H groups in total. The molecular formula is C24H22N6OS. The van der Waals surface area contributed by atoms with Gasteiger partial charge in [-0.15, -0.1) is 16.4 Å². The number of hydrogen-bond donors (Lipinski definition) is 1. The van der Waals surface area contributed by atoms with E-state index in [1.165, 1.54) is 0 Å². The number of anilines is 1. The molecule has 32 heavy (non-hydrogen) atoms. The maximum atomic E-state index is 12.9. The fourth-order valence-corrected chi connectivity index (χ4v) is 3.95. The van der Waals surface area contributed by atoms with Gasteiger partial charge in [0.15, 0.2) is 0 Å². The van der Waals surface area contributed by atoms with Crippen molar-refractivity contribution in [3.63, 3.8) is 0 Å². The van der Waals surface area contributed by atoms with Crippen LogP contribution in [0.2, 0.25) is 0 Å². The standard InChI is InChI=1S/C24H22N6OS/c1-15-8-9-17(23(31)27-19-7-5-6-18(11-19)24(3,4)14-25)10-21(15)30-13-20(28-29-30)22-12-26-16(2)32-22/h5-13H,1-4H3,(H,27,31). The summed E-state index contributed by atoms with van der Waals surface area (Å²) in [7, 11) is 0. The van der Waals surface area contributed by atoms with E-state index < -0.39 is 5.41 Å². The molecule has 8 heteroatoms. The van der Waals surface area contributed by atoms with Gasteiger partial charge in [-0.3, -0.25) is 4.79 Å². The highest BCUT2D eigenvalue weighted by Crippen LogP contribution is 2.26. The van der Waals surface area contributed by atoms with Crippen LogP contribution in [0.25, 0.3) is 16.3 Å². The molecule has 160 valence electrons. The van der Waals surface area contributed by atoms with Crippen LogP contribution in [-0.2, 0) is 5.41 Å². The molecule has 0 bridgehead atoms. The van der Waals surface area contributed by atoms with Crippen molar-refractivity contribution in [3.05, 3.63) is 76.6 Å². The topological polar surface area (TPSA) is 96.5 Å². The van der Waals surface area contributed by atoms with Gasteiger partial charge in [0.1, 0.15) is 5.69 Å². The van der Waals surface area contributed by atoms with E-state index in [4.69, 9.17) is 0 Å². The van der Waals surface area contributed by atoms with Gasteiger partial charge in [-0.1, -0.05) is 23.4 Å². The number of nitrogens with zero attached hydrogens (tertiary/aromatic N) is 5. The molecule has 0 spiro atoms. The van der Waals surface area contributed by atoms with Gasteiger partial charge < -0.3 is 5.32 Å². The zero-order valence-electron chi connectivity index (χ0n) is 18.2. The highest BCUT2D eigenvalue weighted by atomic mass is 32.1. The Balaban J connectivity index is 1.59. The van der Waals surface area contributed by atoms with E-state index in [9.17, 15) is 10.1 Å². The summed E-state index contributed by atoms with van der Waals surface area (Å²) in [6.45, 7) is 7.60. The Labute approximate surface area is 190 Å². The lowest BCUT2D eigenvalue weighted by Gasteiger charge is -2.17. The largest absolute Gasteiger partial charge is 0.322 e. The van der Waals surface area contributed by atoms with Crippen molar-refractivity contribution in [1.82, 2.24) is 20.0 Å². The van der Waals surface area contributed by atoms with E-state index in [0.29, 0.717) is 11.3 Å². The number of carbonyl (C=O) groups excluding carboxylic acids is 1. The van der Waals surface area contributed by atoms with Crippen molar-refractivity contribution in [3.8, 4) is 22.3 Å². The van der Waals surface area contributed by atoms with Gasteiger partial charge in [0.05, 0.1) is 33.3 Å². The Kier molecular flexibility index (Phi) is 5.59. The van der Waals surface area contributed by atoms with Crippen LogP contribution in [0.3, 0.4) is 0 Å². The number of nitrogens with one attached hydrogen (secondary N) is 1. The number of aryl methyl sites for hydroxylation is 2. The van der Waals surface area contributed by atoms with Gasteiger partial charge >= 0.3 is 0 Å². The van der Waals surface area contributed by atoms with Crippen molar-refractivity contribution in [2.75, 3.05) is 5.32 Å². The normalized spacial score (nSPS) is 11.2. The summed E-state index contributed by atoms with van der Waals surface area (Å²) in [4.78, 5) is 18.2. The molecule has 2 aromatic carbocycles. The second kappa shape index (κ2) is 8.36. The molecule has 0 saturated heterocycles. The lowest BCUT2D eigenvalue weighted by atomic mass is 9.86. The third kappa shape index (κ3) is 4.29. The maximum absolute atomic E-state index is 12.9. The number of hydrogen-bond acceptors (Lipinski definition) is 6. The average molecular weight is 443 g/mol. The molecule has 4 rings (SSSR count). The summed E-state index contributed by atoms with van der Waals surface area (Å²) in [5.41, 5.74) is 3.83. The predicted octanol–water partition coefficient (Wildman–Crippen LogP) is 5.06. The maximum Gasteiger partial charge on any atom is 0.255 e. The van der Waals surface area contributed by atoms with Crippen LogP contribution in [0.5, 0.6) is 0 Å². The van der Waals surface area contributed by atoms with E-state index in [1.54, 1.807) is 34.3 Å². The molecule has 2 aromatic heterocycles. The van der Waals surface area contributed by atoms with Crippen LogP contribution < -0.4 is 5.32 Å². The van der Waals surface area contributed by atoms with Crippen LogP contribution in [0.15, 0.2) is 54.9 Å². The number of carbonyl (C=O) groups is 1. The molecule has 4 aromatic rings. The van der Waals surface area contributed by atoms with Gasteiger partial charge in [-0.2, -0.15) is 5.26 Å². The van der Waals surface area contributed by atoms with Gasteiger partial charge in [-0.25, -0.2) is 9.67 Å². The fraction of sp³-hybridized carbons (Fsp3) is 0.208. The average Bonchev–Trinajstić information content (AvgIpc) is 3.43. The zero-order valence-corrected chi connectivity index (χ0v) is 19.1. The molecule has 7 nitrogen and oxygen atoms in total. The van der Waals surface area contributed by atoms with E-state index >= 15 is 0 Å². The Morgan fingerprint density at radius 2 is 2.00 bits per heavy atom. The van der Waals surface area contributed by atoms with Crippen LogP contribution in [-0.4, -0.2) is 25.9 Å². The zero-order chi connectivity index (χ0) is 22.9. The first-order valence-electron chi connectivity index (χ1n) is 10.1. The highest BCUT2D eigenvalue weighted by molar-refractivity contribution is 7.15. The molecule has 1 amide bonds. The van der Waals surface area contributed by atoms with E-state index in [1.807, 2.05) is 64.2 Å². The van der Waals surface area contributed by atoms with Crippen molar-refractivity contribution < 1.29 is 4.79 Å². The van der Waals surface area contributed by atoms with Crippen LogP contribution >= 0.6 is 11.3 Å². The number of aromatic nitrogens is 4. The minimum atomic E-state index is -0.640. The highest BCUT2D eigenvalue weighted by Gasteiger charge is 2.20. The lowest BCUT2D eigenvalue weighted by molar-refractivity contribution is 0.102. The first-order chi connectivity index (χ1) is 15.3. The van der Waals surface area contributed by atoms with Crippen molar-refractivity contribution in [2.45, 2.75) is 33.1 Å². The van der Waals surface area contributed by atoms with Crippen molar-refractivity contribution >= 4 is 22.9 Å². The number of rotatable bonds is 5. The quantitative estimate of drug-likeness (QED) is 0.466. The Bertz CT molecular complexity index is 1340. The summed E-state index contributed by atoms with van der Waals surface area (Å²) >= 11 is 1.56. The Morgan fingerprint density at radius 1 is 1.19 bits per heavy atom. The number of nitriles is 1. The van der Waals surface area contributed by atoms with E-state index in [2.05, 4.69) is 26.7 Å². The van der Waals surface area contributed by atoms with Gasteiger partial charge in [0.25, 0.3) is 5.91 Å². The second-order valence-electron chi connectivity index (χ2n) is 8.06. The van der Waals surface area contributed by atoms with Crippen LogP contribution in [0, 0.1) is 25.2 Å². The fourth-order valence-electron chi connectivity index (χ4n) is 3.23. The number of amides is 1. The number of thiazole rings is 1. The second-order valence-corrected chi connectivity index (χ2v) is 9.30. The molecular weight excluding hydrogens is 420 g/mol. The number of benzene rings is 2. The summed E-state index contributed by atoms with van der Waals surface area (Å²) in [6, 6.07) is 15.1. The third-order valence-electron chi connectivity index (χ3n) is 5.21. The van der Waals surface area contributed by atoms with E-state index in [0.717, 1.165) is 32.4 Å². The molecule has 0 atom stereocenters. The molecule has 0 fully saturated rings. The minimum absolute atomic E-state index is 0.239. The summed E-state index contributed by atoms with van der Waals surface area (Å²) < 4.78 is 1.67. The van der Waals surface area contributed by atoms with Gasteiger partial charge in [0.2, 0.25) is 0 Å². The van der Waals surface area contributed by atoms with E-state index in [-0.39, 0.29) is 5.91 Å². The van der Waals surface area contributed by atoms with Crippen molar-refractivity contribution in [2.24, 2.45) is 0 Å². The lowest BCUT2D eigenvalue weighted by Crippen LogP contribution is -2.16. The summed E-state index contributed by atoms with van der Waals surface area (Å²) in [5.74, 6) is -0.239. The first kappa shape index (κ1) is 21.4. The van der Waals surface area contributed by atoms with Gasteiger partial charge in [0, 0.05) is 17.4 Å². The monoisotopic (exact) mass is 442 g/mol. The van der Waals surface area contributed by atoms with Gasteiger partial charge in [-0.05, 0) is 63.1 Å². The molecule has 0 unspecified atom stereocenters. The molecule has 0 aliphatic rings. The molecule has 2 heterocycles. The predicted molar refractivity (Wildman–Crippen MR) is 125 cm³/mol. The van der Waals surface area contributed by atoms with Crippen LogP contribution in [0.1, 0.15) is 40.3 Å². The van der Waals surface area contributed by atoms with Crippen molar-refractivity contribution in [1.29, 1.82) is 5.26 Å². The molecule has 0 saturated carbocycles. The SMILES string of the molecule is Cc1ncc(-c2cn(-c3cc(C(=O)Nc4cccc(C(C)(C)C#N)c4)ccc3C)nn2)s1. The van der Waals surface area contributed by atoms with Crippen LogP contribution in [0.4, 0.5) is 5.69 Å². The summed E-state index contributed by atoms with van der Waals surface area (Å²) in [5, 5.41) is 21.8. The summed E-state index contributed by atoms with van der Waals surface area (Å²) in [6.07, 6.45) is 3.62. The smallest absolute Gasteiger partial charge is 0.255 e. The molecule has 0 radical (unpaired) electrons. The Hall–Kier alpha value is -3.83. The minimum Gasteiger partial charge on any atom is -0.322 e. The first-order valence-corrected chi connectivity index (χ1v) is 10.9. The Morgan fingerprint density at radius 3 is 2.72 bits per heavy atom. The molecule has 0 aliphatic carbocycles. The third-order valence-corrected chi connectivity index (χ3v) is 6.14.